The molecule has 1 aromatic rings. The van der Waals surface area contributed by atoms with Crippen LogP contribution < -0.4 is 0 Å². The third kappa shape index (κ3) is 6.85. The Labute approximate surface area is 209 Å². The van der Waals surface area contributed by atoms with Crippen molar-refractivity contribution >= 4 is 5.91 Å². The van der Waals surface area contributed by atoms with Gasteiger partial charge in [-0.15, -0.1) is 0 Å². The Morgan fingerprint density at radius 1 is 0.618 bits per heavy atom. The fraction of sp³-hybridized carbons (Fsp3) is 0.767. The van der Waals surface area contributed by atoms with Crippen LogP contribution in [0.2, 0.25) is 0 Å². The van der Waals surface area contributed by atoms with Gasteiger partial charge in [-0.3, -0.25) is 14.6 Å². The van der Waals surface area contributed by atoms with E-state index in [1.807, 2.05) is 7.05 Å². The van der Waals surface area contributed by atoms with E-state index < -0.39 is 0 Å². The molecule has 0 aromatic heterocycles. The van der Waals surface area contributed by atoms with Gasteiger partial charge in [0.15, 0.2) is 0 Å². The fourth-order valence-electron chi connectivity index (χ4n) is 6.78. The van der Waals surface area contributed by atoms with Gasteiger partial charge in [-0.05, 0) is 75.9 Å². The third-order valence-electron chi connectivity index (χ3n) is 9.00. The van der Waals surface area contributed by atoms with Crippen LogP contribution in [0.25, 0.3) is 0 Å². The van der Waals surface area contributed by atoms with E-state index in [0.29, 0.717) is 18.1 Å². The molecule has 0 spiro atoms. The van der Waals surface area contributed by atoms with Crippen LogP contribution in [-0.4, -0.2) is 59.9 Å². The molecule has 4 heteroatoms. The first-order valence-corrected chi connectivity index (χ1v) is 14.3. The molecular formula is C30H49N3O. The van der Waals surface area contributed by atoms with Gasteiger partial charge in [0.25, 0.3) is 5.91 Å². The van der Waals surface area contributed by atoms with Crippen molar-refractivity contribution in [3.63, 3.8) is 0 Å². The number of hydrogen-bond donors (Lipinski definition) is 0. The summed E-state index contributed by atoms with van der Waals surface area (Å²) < 4.78 is 0. The van der Waals surface area contributed by atoms with Crippen molar-refractivity contribution in [3.05, 3.63) is 34.9 Å². The zero-order valence-corrected chi connectivity index (χ0v) is 22.2. The van der Waals surface area contributed by atoms with Crippen LogP contribution in [0.5, 0.6) is 0 Å². The van der Waals surface area contributed by atoms with E-state index >= 15 is 0 Å². The highest BCUT2D eigenvalue weighted by Crippen LogP contribution is 2.27. The third-order valence-corrected chi connectivity index (χ3v) is 9.00. The average molecular weight is 468 g/mol. The first kappa shape index (κ1) is 25.7. The van der Waals surface area contributed by atoms with E-state index in [4.69, 9.17) is 0 Å². The first-order chi connectivity index (χ1) is 16.5. The molecule has 34 heavy (non-hydrogen) atoms. The van der Waals surface area contributed by atoms with Gasteiger partial charge in [0.2, 0.25) is 0 Å². The molecule has 3 fully saturated rings. The molecular weight excluding hydrogens is 418 g/mol. The van der Waals surface area contributed by atoms with E-state index in [1.165, 1.54) is 94.6 Å². The summed E-state index contributed by atoms with van der Waals surface area (Å²) in [5, 5.41) is 0. The topological polar surface area (TPSA) is 26.8 Å². The lowest BCUT2D eigenvalue weighted by atomic mass is 9.93. The minimum Gasteiger partial charge on any atom is -0.339 e. The Morgan fingerprint density at radius 2 is 1.00 bits per heavy atom. The van der Waals surface area contributed by atoms with Crippen molar-refractivity contribution in [1.29, 1.82) is 0 Å². The van der Waals surface area contributed by atoms with Gasteiger partial charge in [-0.1, -0.05) is 63.9 Å². The molecule has 1 aromatic carbocycles. The highest BCUT2D eigenvalue weighted by Gasteiger charge is 2.25. The summed E-state index contributed by atoms with van der Waals surface area (Å²) in [6.45, 7) is 1.89. The molecule has 1 amide bonds. The second-order valence-electron chi connectivity index (χ2n) is 11.7. The van der Waals surface area contributed by atoms with Gasteiger partial charge in [0, 0.05) is 43.8 Å². The minimum atomic E-state index is 0.218. The van der Waals surface area contributed by atoms with Crippen molar-refractivity contribution in [3.8, 4) is 0 Å². The van der Waals surface area contributed by atoms with Crippen molar-refractivity contribution in [2.24, 2.45) is 0 Å². The largest absolute Gasteiger partial charge is 0.339 e. The molecule has 0 aliphatic heterocycles. The van der Waals surface area contributed by atoms with Crippen molar-refractivity contribution in [1.82, 2.24) is 14.7 Å². The molecule has 0 N–H and O–H groups in total. The molecule has 0 saturated heterocycles. The molecule has 4 rings (SSSR count). The van der Waals surface area contributed by atoms with Gasteiger partial charge in [0.05, 0.1) is 0 Å². The van der Waals surface area contributed by atoms with Crippen LogP contribution in [0, 0.1) is 0 Å². The summed E-state index contributed by atoms with van der Waals surface area (Å²) in [5.41, 5.74) is 3.51. The summed E-state index contributed by atoms with van der Waals surface area (Å²) in [4.78, 5) is 20.8. The highest BCUT2D eigenvalue weighted by atomic mass is 16.2. The molecule has 190 valence electrons. The number of amides is 1. The second kappa shape index (κ2) is 12.5. The first-order valence-electron chi connectivity index (χ1n) is 14.3. The maximum Gasteiger partial charge on any atom is 0.253 e. The maximum atomic E-state index is 13.6. The van der Waals surface area contributed by atoms with Crippen LogP contribution in [-0.2, 0) is 13.1 Å². The lowest BCUT2D eigenvalue weighted by Gasteiger charge is -2.33. The Balaban J connectivity index is 1.52. The molecule has 0 atom stereocenters. The molecule has 0 radical (unpaired) electrons. The highest BCUT2D eigenvalue weighted by molar-refractivity contribution is 5.94. The van der Waals surface area contributed by atoms with E-state index in [-0.39, 0.29) is 5.91 Å². The summed E-state index contributed by atoms with van der Waals surface area (Å²) in [5.74, 6) is 0.218. The van der Waals surface area contributed by atoms with E-state index in [9.17, 15) is 4.79 Å². The fourth-order valence-corrected chi connectivity index (χ4v) is 6.78. The molecule has 3 aliphatic carbocycles. The predicted molar refractivity (Wildman–Crippen MR) is 142 cm³/mol. The van der Waals surface area contributed by atoms with Crippen LogP contribution in [0.1, 0.15) is 118 Å². The number of hydrogen-bond acceptors (Lipinski definition) is 3. The smallest absolute Gasteiger partial charge is 0.253 e. The van der Waals surface area contributed by atoms with Crippen LogP contribution in [0.4, 0.5) is 0 Å². The van der Waals surface area contributed by atoms with E-state index in [2.05, 4.69) is 47.0 Å². The van der Waals surface area contributed by atoms with Crippen LogP contribution >= 0.6 is 0 Å². The van der Waals surface area contributed by atoms with Crippen molar-refractivity contribution < 1.29 is 4.79 Å². The van der Waals surface area contributed by atoms with E-state index in [1.54, 1.807) is 0 Å². The monoisotopic (exact) mass is 467 g/mol. The number of rotatable bonds is 8. The zero-order chi connectivity index (χ0) is 23.9. The molecule has 4 nitrogen and oxygen atoms in total. The predicted octanol–water partition coefficient (Wildman–Crippen LogP) is 6.62. The van der Waals surface area contributed by atoms with Gasteiger partial charge in [-0.25, -0.2) is 0 Å². The average Bonchev–Trinajstić information content (AvgIpc) is 2.89. The number of benzene rings is 1. The number of carbonyl (C=O) groups is 1. The van der Waals surface area contributed by atoms with Gasteiger partial charge >= 0.3 is 0 Å². The Hall–Kier alpha value is -1.39. The molecule has 0 heterocycles. The minimum absolute atomic E-state index is 0.218. The Kier molecular flexibility index (Phi) is 9.47. The zero-order valence-electron chi connectivity index (χ0n) is 22.2. The summed E-state index contributed by atoms with van der Waals surface area (Å²) in [7, 11) is 6.60. The van der Waals surface area contributed by atoms with Crippen LogP contribution in [0.15, 0.2) is 18.2 Å². The van der Waals surface area contributed by atoms with Gasteiger partial charge in [-0.2, -0.15) is 0 Å². The summed E-state index contributed by atoms with van der Waals surface area (Å²) in [6.07, 6.45) is 19.6. The number of carbonyl (C=O) groups excluding carboxylic acids is 1. The van der Waals surface area contributed by atoms with Crippen molar-refractivity contribution in [2.75, 3.05) is 21.1 Å². The lowest BCUT2D eigenvalue weighted by molar-refractivity contribution is 0.0695. The Morgan fingerprint density at radius 3 is 1.41 bits per heavy atom. The van der Waals surface area contributed by atoms with Crippen LogP contribution in [0.3, 0.4) is 0 Å². The standard InChI is InChI=1S/C30H49N3O/c1-31(27-13-7-4-8-14-27)22-24-19-25(23-32(2)28-15-9-5-10-16-28)21-26(20-24)30(34)33(3)29-17-11-6-12-18-29/h19-21,27-29H,4-18,22-23H2,1-3H3. The normalized spacial score (nSPS) is 21.3. The van der Waals surface area contributed by atoms with Gasteiger partial charge in [0.1, 0.15) is 0 Å². The van der Waals surface area contributed by atoms with Gasteiger partial charge < -0.3 is 4.90 Å². The summed E-state index contributed by atoms with van der Waals surface area (Å²) >= 11 is 0. The van der Waals surface area contributed by atoms with Crippen molar-refractivity contribution in [2.45, 2.75) is 128 Å². The molecule has 3 saturated carbocycles. The summed E-state index contributed by atoms with van der Waals surface area (Å²) in [6, 6.07) is 8.56. The quantitative estimate of drug-likeness (QED) is 0.430. The SMILES string of the molecule is CN(Cc1cc(CN(C)C2CCCCC2)cc(C(=O)N(C)C2CCCCC2)c1)C1CCCCC1. The number of nitrogens with zero attached hydrogens (tertiary/aromatic N) is 3. The molecule has 0 bridgehead atoms. The molecule has 0 unspecified atom stereocenters. The molecule has 3 aliphatic rings. The maximum absolute atomic E-state index is 13.6. The Bertz CT molecular complexity index is 731. The second-order valence-corrected chi connectivity index (χ2v) is 11.7. The lowest BCUT2D eigenvalue weighted by Crippen LogP contribution is -2.38. The van der Waals surface area contributed by atoms with E-state index in [0.717, 1.165) is 31.5 Å².